The Morgan fingerprint density at radius 2 is 1.14 bits per heavy atom. The van der Waals surface area contributed by atoms with Crippen LogP contribution in [0.25, 0.3) is 6.08 Å². The first-order valence-electron chi connectivity index (χ1n) is 13.9. The van der Waals surface area contributed by atoms with Gasteiger partial charge >= 0.3 is 0 Å². The normalized spacial score (nSPS) is 17.3. The van der Waals surface area contributed by atoms with Gasteiger partial charge in [0, 0.05) is 18.7 Å². The van der Waals surface area contributed by atoms with E-state index >= 15 is 0 Å². The summed E-state index contributed by atoms with van der Waals surface area (Å²) in [4.78, 5) is 17.6. The second kappa shape index (κ2) is 14.8. The maximum atomic E-state index is 12.6. The molecule has 2 aliphatic rings. The van der Waals surface area contributed by atoms with Crippen molar-refractivity contribution in [2.24, 2.45) is 0 Å². The van der Waals surface area contributed by atoms with Gasteiger partial charge in [0.15, 0.2) is 5.78 Å². The van der Waals surface area contributed by atoms with Crippen LogP contribution in [0.3, 0.4) is 0 Å². The molecule has 2 fully saturated rings. The fourth-order valence-corrected chi connectivity index (χ4v) is 4.98. The number of allylic oxidation sites excluding steroid dienone is 1. The third-order valence-electron chi connectivity index (χ3n) is 7.12. The van der Waals surface area contributed by atoms with Gasteiger partial charge < -0.3 is 19.3 Å². The Bertz CT molecular complexity index is 927. The van der Waals surface area contributed by atoms with Crippen molar-refractivity contribution >= 4 is 11.9 Å². The summed E-state index contributed by atoms with van der Waals surface area (Å²) in [5.74, 6) is 1.69. The number of nitrogens with zero attached hydrogens (tertiary/aromatic N) is 2. The van der Waals surface area contributed by atoms with Gasteiger partial charge in [0.1, 0.15) is 11.5 Å². The third-order valence-corrected chi connectivity index (χ3v) is 7.12. The molecular weight excluding hydrogens is 448 g/mol. The Morgan fingerprint density at radius 3 is 1.64 bits per heavy atom. The average molecular weight is 491 g/mol. The Kier molecular flexibility index (Phi) is 10.9. The second-order valence-corrected chi connectivity index (χ2v) is 10.00. The molecule has 0 bridgehead atoms. The van der Waals surface area contributed by atoms with Gasteiger partial charge in [0.25, 0.3) is 0 Å². The molecule has 0 saturated carbocycles. The molecule has 5 nitrogen and oxygen atoms in total. The van der Waals surface area contributed by atoms with Crippen LogP contribution in [0.5, 0.6) is 11.5 Å². The fourth-order valence-electron chi connectivity index (χ4n) is 4.98. The lowest BCUT2D eigenvalue weighted by molar-refractivity contribution is 0.104. The number of rotatable bonds is 13. The van der Waals surface area contributed by atoms with E-state index in [-0.39, 0.29) is 5.78 Å². The maximum Gasteiger partial charge on any atom is 0.185 e. The van der Waals surface area contributed by atoms with Crippen LogP contribution in [-0.2, 0) is 0 Å². The molecule has 0 aliphatic carbocycles. The quantitative estimate of drug-likeness (QED) is 0.193. The fraction of sp³-hybridized carbons (Fsp3) is 0.516. The minimum Gasteiger partial charge on any atom is -0.494 e. The molecule has 0 spiro atoms. The van der Waals surface area contributed by atoms with E-state index in [1.165, 1.54) is 64.7 Å². The Balaban J connectivity index is 1.13. The molecule has 194 valence electrons. The lowest BCUT2D eigenvalue weighted by Gasteiger charge is -2.26. The summed E-state index contributed by atoms with van der Waals surface area (Å²) in [7, 11) is 0. The van der Waals surface area contributed by atoms with Gasteiger partial charge in [-0.15, -0.1) is 0 Å². The highest BCUT2D eigenvalue weighted by atomic mass is 16.5. The molecule has 0 N–H and O–H groups in total. The highest BCUT2D eigenvalue weighted by Crippen LogP contribution is 2.17. The van der Waals surface area contributed by atoms with E-state index in [1.807, 2.05) is 54.6 Å². The van der Waals surface area contributed by atoms with E-state index in [1.54, 1.807) is 6.08 Å². The molecule has 0 unspecified atom stereocenters. The molecule has 5 heteroatoms. The van der Waals surface area contributed by atoms with Crippen molar-refractivity contribution in [2.75, 3.05) is 52.5 Å². The van der Waals surface area contributed by atoms with Gasteiger partial charge in [-0.25, -0.2) is 0 Å². The first kappa shape index (κ1) is 26.4. The summed E-state index contributed by atoms with van der Waals surface area (Å²) in [5.41, 5.74) is 1.65. The number of ether oxygens (including phenoxy) is 2. The third kappa shape index (κ3) is 9.11. The number of benzene rings is 2. The van der Waals surface area contributed by atoms with Gasteiger partial charge in [-0.2, -0.15) is 0 Å². The summed E-state index contributed by atoms with van der Waals surface area (Å²) in [5, 5.41) is 0. The van der Waals surface area contributed by atoms with E-state index in [2.05, 4.69) is 9.80 Å². The number of carbonyl (C=O) groups is 1. The first-order chi connectivity index (χ1) is 17.8. The molecular formula is C31H42N2O3. The zero-order chi connectivity index (χ0) is 24.8. The van der Waals surface area contributed by atoms with Crippen molar-refractivity contribution in [3.63, 3.8) is 0 Å². The number of piperidine rings is 2. The van der Waals surface area contributed by atoms with Crippen LogP contribution in [0.4, 0.5) is 0 Å². The zero-order valence-corrected chi connectivity index (χ0v) is 21.7. The Morgan fingerprint density at radius 1 is 0.667 bits per heavy atom. The van der Waals surface area contributed by atoms with Crippen LogP contribution in [0.2, 0.25) is 0 Å². The first-order valence-corrected chi connectivity index (χ1v) is 13.9. The summed E-state index contributed by atoms with van der Waals surface area (Å²) in [6.45, 7) is 8.59. The van der Waals surface area contributed by atoms with E-state index < -0.39 is 0 Å². The molecule has 0 aromatic heterocycles. The SMILES string of the molecule is O=C(/C=C/c1ccc(OCCCN2CCCCC2)cc1)c1ccc(OCCCN2CCCCC2)cc1. The molecule has 2 aromatic rings. The smallest absolute Gasteiger partial charge is 0.185 e. The van der Waals surface area contributed by atoms with Gasteiger partial charge in [0.2, 0.25) is 0 Å². The molecule has 2 aromatic carbocycles. The van der Waals surface area contributed by atoms with Crippen LogP contribution >= 0.6 is 0 Å². The number of likely N-dealkylation sites (tertiary alicyclic amines) is 2. The summed E-state index contributed by atoms with van der Waals surface area (Å²) in [6, 6.07) is 15.4. The molecule has 2 heterocycles. The molecule has 36 heavy (non-hydrogen) atoms. The van der Waals surface area contributed by atoms with Gasteiger partial charge in [0.05, 0.1) is 13.2 Å². The van der Waals surface area contributed by atoms with Crippen LogP contribution in [0.1, 0.15) is 67.3 Å². The van der Waals surface area contributed by atoms with Crippen LogP contribution in [0.15, 0.2) is 54.6 Å². The average Bonchev–Trinajstić information content (AvgIpc) is 2.94. The molecule has 2 saturated heterocycles. The van der Waals surface area contributed by atoms with Crippen LogP contribution in [0, 0.1) is 0 Å². The number of hydrogen-bond acceptors (Lipinski definition) is 5. The second-order valence-electron chi connectivity index (χ2n) is 10.00. The maximum absolute atomic E-state index is 12.6. The topological polar surface area (TPSA) is 42.0 Å². The molecule has 0 atom stereocenters. The monoisotopic (exact) mass is 490 g/mol. The van der Waals surface area contributed by atoms with Crippen LogP contribution in [-0.4, -0.2) is 68.1 Å². The molecule has 2 aliphatic heterocycles. The van der Waals surface area contributed by atoms with Crippen molar-refractivity contribution in [1.82, 2.24) is 9.80 Å². The lowest BCUT2D eigenvalue weighted by atomic mass is 10.1. The Hall–Kier alpha value is -2.63. The van der Waals surface area contributed by atoms with Crippen molar-refractivity contribution in [3.8, 4) is 11.5 Å². The standard InChI is InChI=1S/C31H42N2O3/c34-31(28-12-16-30(17-13-28)36-26-8-24-33-21-5-2-6-22-33)18-11-27-9-14-29(15-10-27)35-25-7-23-32-19-3-1-4-20-32/h9-18H,1-8,19-26H2/b18-11+. The number of ketones is 1. The number of carbonyl (C=O) groups excluding carboxylic acids is 1. The zero-order valence-electron chi connectivity index (χ0n) is 21.7. The van der Waals surface area contributed by atoms with Gasteiger partial charge in [-0.1, -0.05) is 31.1 Å². The van der Waals surface area contributed by atoms with Crippen LogP contribution < -0.4 is 9.47 Å². The highest BCUT2D eigenvalue weighted by molar-refractivity contribution is 6.06. The molecule has 4 rings (SSSR count). The van der Waals surface area contributed by atoms with E-state index in [0.717, 1.165) is 49.6 Å². The van der Waals surface area contributed by atoms with E-state index in [9.17, 15) is 4.79 Å². The van der Waals surface area contributed by atoms with Crippen molar-refractivity contribution < 1.29 is 14.3 Å². The number of hydrogen-bond donors (Lipinski definition) is 0. The van der Waals surface area contributed by atoms with E-state index in [0.29, 0.717) is 12.2 Å². The molecule has 0 amide bonds. The summed E-state index contributed by atoms with van der Waals surface area (Å²) >= 11 is 0. The largest absolute Gasteiger partial charge is 0.494 e. The van der Waals surface area contributed by atoms with Gasteiger partial charge in [-0.3, -0.25) is 4.79 Å². The summed E-state index contributed by atoms with van der Waals surface area (Å²) in [6.07, 6.45) is 13.6. The summed E-state index contributed by atoms with van der Waals surface area (Å²) < 4.78 is 11.8. The minimum atomic E-state index is -0.00955. The lowest BCUT2D eigenvalue weighted by Crippen LogP contribution is -2.31. The predicted molar refractivity (Wildman–Crippen MR) is 147 cm³/mol. The van der Waals surface area contributed by atoms with Gasteiger partial charge in [-0.05, 0) is 113 Å². The Labute approximate surface area is 217 Å². The van der Waals surface area contributed by atoms with Crippen molar-refractivity contribution in [2.45, 2.75) is 51.4 Å². The van der Waals surface area contributed by atoms with E-state index in [4.69, 9.17) is 9.47 Å². The minimum absolute atomic E-state index is 0.00955. The van der Waals surface area contributed by atoms with Crippen molar-refractivity contribution in [1.29, 1.82) is 0 Å². The van der Waals surface area contributed by atoms with Crippen molar-refractivity contribution in [3.05, 3.63) is 65.7 Å². The highest BCUT2D eigenvalue weighted by Gasteiger charge is 2.10. The predicted octanol–water partition coefficient (Wildman–Crippen LogP) is 6.09. The molecule has 0 radical (unpaired) electrons.